The molecule has 2 unspecified atom stereocenters. The third-order valence-corrected chi connectivity index (χ3v) is 5.06. The molecule has 0 saturated carbocycles. The molecule has 5 nitrogen and oxygen atoms in total. The van der Waals surface area contributed by atoms with Crippen LogP contribution in [0.1, 0.15) is 25.3 Å². The van der Waals surface area contributed by atoms with Gasteiger partial charge in [-0.2, -0.15) is 5.10 Å². The highest BCUT2D eigenvalue weighted by Crippen LogP contribution is 2.27. The number of piperidine rings is 2. The first-order valence-corrected chi connectivity index (χ1v) is 8.32. The quantitative estimate of drug-likeness (QED) is 0.900. The Bertz CT molecular complexity index is 408. The van der Waals surface area contributed by atoms with Gasteiger partial charge in [-0.15, -0.1) is 0 Å². The summed E-state index contributed by atoms with van der Waals surface area (Å²) in [6.07, 6.45) is 7.77. The van der Waals surface area contributed by atoms with E-state index in [1.807, 2.05) is 12.3 Å². The lowest BCUT2D eigenvalue weighted by molar-refractivity contribution is 0.0657. The highest BCUT2D eigenvalue weighted by molar-refractivity contribution is 4.91. The Hall–Kier alpha value is -0.910. The third kappa shape index (κ3) is 3.65. The normalized spacial score (nSPS) is 29.1. The molecule has 21 heavy (non-hydrogen) atoms. The van der Waals surface area contributed by atoms with Gasteiger partial charge >= 0.3 is 0 Å². The third-order valence-electron chi connectivity index (χ3n) is 5.06. The van der Waals surface area contributed by atoms with E-state index >= 15 is 0 Å². The average molecular weight is 291 g/mol. The summed E-state index contributed by atoms with van der Waals surface area (Å²) in [7, 11) is 4.39. The van der Waals surface area contributed by atoms with Gasteiger partial charge in [0.25, 0.3) is 0 Å². The Morgan fingerprint density at radius 1 is 1.24 bits per heavy atom. The molecule has 0 radical (unpaired) electrons. The zero-order chi connectivity index (χ0) is 14.7. The molecule has 0 bridgehead atoms. The van der Waals surface area contributed by atoms with E-state index in [-0.39, 0.29) is 0 Å². The van der Waals surface area contributed by atoms with E-state index in [1.54, 1.807) is 0 Å². The molecule has 0 aromatic carbocycles. The molecule has 5 heteroatoms. The summed E-state index contributed by atoms with van der Waals surface area (Å²) in [6.45, 7) is 5.97. The van der Waals surface area contributed by atoms with Crippen molar-refractivity contribution in [1.29, 1.82) is 0 Å². The zero-order valence-corrected chi connectivity index (χ0v) is 13.4. The SMILES string of the molecule is CN(C)CC1CCNCC1N1CCC(n2cccn2)CC1. The molecule has 2 aliphatic heterocycles. The van der Waals surface area contributed by atoms with Crippen molar-refractivity contribution in [2.45, 2.75) is 31.3 Å². The fourth-order valence-electron chi connectivity index (χ4n) is 3.98. The minimum Gasteiger partial charge on any atom is -0.315 e. The number of hydrogen-bond acceptors (Lipinski definition) is 4. The van der Waals surface area contributed by atoms with Crippen LogP contribution in [0.25, 0.3) is 0 Å². The second-order valence-electron chi connectivity index (χ2n) is 6.84. The molecule has 0 amide bonds. The number of aromatic nitrogens is 2. The van der Waals surface area contributed by atoms with Crippen LogP contribution in [0.2, 0.25) is 0 Å². The summed E-state index contributed by atoms with van der Waals surface area (Å²) in [5.41, 5.74) is 0. The molecular formula is C16H29N5. The number of rotatable bonds is 4. The Labute approximate surface area is 128 Å². The van der Waals surface area contributed by atoms with Crippen LogP contribution in [0.3, 0.4) is 0 Å². The van der Waals surface area contributed by atoms with Gasteiger partial charge in [0.05, 0.1) is 6.04 Å². The number of likely N-dealkylation sites (tertiary alicyclic amines) is 1. The molecule has 2 saturated heterocycles. The molecule has 1 aromatic rings. The topological polar surface area (TPSA) is 36.3 Å². The van der Waals surface area contributed by atoms with Crippen LogP contribution in [-0.2, 0) is 0 Å². The molecule has 2 aliphatic rings. The Kier molecular flexibility index (Phi) is 4.93. The van der Waals surface area contributed by atoms with Crippen LogP contribution in [0.4, 0.5) is 0 Å². The standard InChI is InChI=1S/C16H29N5/c1-19(2)13-14-4-8-17-12-16(14)20-10-5-15(6-11-20)21-9-3-7-18-21/h3,7,9,14-17H,4-6,8,10-13H2,1-2H3. The van der Waals surface area contributed by atoms with Crippen molar-refractivity contribution in [3.05, 3.63) is 18.5 Å². The first kappa shape index (κ1) is 15.0. The maximum absolute atomic E-state index is 4.41. The summed E-state index contributed by atoms with van der Waals surface area (Å²) < 4.78 is 2.15. The summed E-state index contributed by atoms with van der Waals surface area (Å²) in [4.78, 5) is 5.07. The van der Waals surface area contributed by atoms with Crippen LogP contribution in [0.5, 0.6) is 0 Å². The van der Waals surface area contributed by atoms with Gasteiger partial charge in [-0.25, -0.2) is 0 Å². The monoisotopic (exact) mass is 291 g/mol. The van der Waals surface area contributed by atoms with Gasteiger partial charge < -0.3 is 10.2 Å². The van der Waals surface area contributed by atoms with E-state index in [9.17, 15) is 0 Å². The van der Waals surface area contributed by atoms with Gasteiger partial charge in [0.15, 0.2) is 0 Å². The molecule has 0 aliphatic carbocycles. The summed E-state index contributed by atoms with van der Waals surface area (Å²) in [5, 5.41) is 8.01. The molecule has 3 heterocycles. The van der Waals surface area contributed by atoms with Gasteiger partial charge in [-0.1, -0.05) is 0 Å². The highest BCUT2D eigenvalue weighted by Gasteiger charge is 2.33. The van der Waals surface area contributed by atoms with E-state index in [4.69, 9.17) is 0 Å². The van der Waals surface area contributed by atoms with E-state index in [2.05, 4.69) is 45.2 Å². The number of nitrogens with zero attached hydrogens (tertiary/aromatic N) is 4. The summed E-state index contributed by atoms with van der Waals surface area (Å²) in [6, 6.07) is 3.34. The van der Waals surface area contributed by atoms with Crippen molar-refractivity contribution in [2.75, 3.05) is 46.8 Å². The van der Waals surface area contributed by atoms with E-state index < -0.39 is 0 Å². The number of nitrogens with one attached hydrogen (secondary N) is 1. The smallest absolute Gasteiger partial charge is 0.0543 e. The van der Waals surface area contributed by atoms with Crippen LogP contribution in [0, 0.1) is 5.92 Å². The van der Waals surface area contributed by atoms with Gasteiger partial charge in [-0.3, -0.25) is 9.58 Å². The Balaban J connectivity index is 1.57. The Morgan fingerprint density at radius 3 is 2.71 bits per heavy atom. The fourth-order valence-corrected chi connectivity index (χ4v) is 3.98. The van der Waals surface area contributed by atoms with Crippen LogP contribution >= 0.6 is 0 Å². The van der Waals surface area contributed by atoms with Crippen molar-refractivity contribution in [2.24, 2.45) is 5.92 Å². The average Bonchev–Trinajstić information content (AvgIpc) is 3.02. The van der Waals surface area contributed by atoms with Crippen molar-refractivity contribution in [1.82, 2.24) is 24.9 Å². The van der Waals surface area contributed by atoms with Gasteiger partial charge in [0.2, 0.25) is 0 Å². The van der Waals surface area contributed by atoms with E-state index in [0.29, 0.717) is 12.1 Å². The lowest BCUT2D eigenvalue weighted by Gasteiger charge is -2.44. The lowest BCUT2D eigenvalue weighted by atomic mass is 9.89. The number of hydrogen-bond donors (Lipinski definition) is 1. The van der Waals surface area contributed by atoms with Crippen molar-refractivity contribution in [3.63, 3.8) is 0 Å². The van der Waals surface area contributed by atoms with Gasteiger partial charge in [0, 0.05) is 44.6 Å². The zero-order valence-electron chi connectivity index (χ0n) is 13.4. The minimum atomic E-state index is 0.597. The summed E-state index contributed by atoms with van der Waals surface area (Å²) >= 11 is 0. The van der Waals surface area contributed by atoms with Crippen LogP contribution < -0.4 is 5.32 Å². The van der Waals surface area contributed by atoms with E-state index in [0.717, 1.165) is 12.5 Å². The first-order valence-electron chi connectivity index (χ1n) is 8.32. The molecule has 3 rings (SSSR count). The van der Waals surface area contributed by atoms with E-state index in [1.165, 1.54) is 45.4 Å². The highest BCUT2D eigenvalue weighted by atomic mass is 15.3. The minimum absolute atomic E-state index is 0.597. The van der Waals surface area contributed by atoms with Crippen LogP contribution in [-0.4, -0.2) is 72.4 Å². The molecule has 1 aromatic heterocycles. The summed E-state index contributed by atoms with van der Waals surface area (Å²) in [5.74, 6) is 0.808. The molecule has 0 spiro atoms. The Morgan fingerprint density at radius 2 is 2.05 bits per heavy atom. The lowest BCUT2D eigenvalue weighted by Crippen LogP contribution is -2.55. The molecule has 2 atom stereocenters. The maximum atomic E-state index is 4.41. The van der Waals surface area contributed by atoms with Crippen molar-refractivity contribution >= 4 is 0 Å². The predicted molar refractivity (Wildman–Crippen MR) is 85.4 cm³/mol. The van der Waals surface area contributed by atoms with Crippen molar-refractivity contribution in [3.8, 4) is 0 Å². The second kappa shape index (κ2) is 6.90. The molecule has 1 N–H and O–H groups in total. The van der Waals surface area contributed by atoms with Gasteiger partial charge in [-0.05, 0) is 51.9 Å². The largest absolute Gasteiger partial charge is 0.315 e. The van der Waals surface area contributed by atoms with Crippen molar-refractivity contribution < 1.29 is 0 Å². The molecule has 2 fully saturated rings. The van der Waals surface area contributed by atoms with Gasteiger partial charge in [0.1, 0.15) is 0 Å². The second-order valence-corrected chi connectivity index (χ2v) is 6.84. The molecular weight excluding hydrogens is 262 g/mol. The fraction of sp³-hybridized carbons (Fsp3) is 0.812. The predicted octanol–water partition coefficient (Wildman–Crippen LogP) is 1.06. The maximum Gasteiger partial charge on any atom is 0.0543 e. The first-order chi connectivity index (χ1) is 10.2. The molecule has 118 valence electrons. The van der Waals surface area contributed by atoms with Crippen LogP contribution in [0.15, 0.2) is 18.5 Å².